The first-order chi connectivity index (χ1) is 6.56. The second-order valence-electron chi connectivity index (χ2n) is 3.17. The minimum absolute atomic E-state index is 0.000511. The van der Waals surface area contributed by atoms with Crippen LogP contribution < -0.4 is 0 Å². The molecule has 0 aromatic rings. The average molecular weight is 222 g/mol. The Bertz CT molecular complexity index is 187. The van der Waals surface area contributed by atoms with Crippen molar-refractivity contribution < 1.29 is 19.1 Å². The molecular weight excluding hydrogens is 203 g/mol. The van der Waals surface area contributed by atoms with E-state index >= 15 is 0 Å². The summed E-state index contributed by atoms with van der Waals surface area (Å²) in [6.45, 7) is 4.79. The molecule has 0 amide bonds. The molecule has 0 saturated carbocycles. The van der Waals surface area contributed by atoms with Gasteiger partial charge in [-0.05, 0) is 12.8 Å². The minimum Gasteiger partial charge on any atom is -0.377 e. The van der Waals surface area contributed by atoms with Gasteiger partial charge in [0, 0.05) is 12.8 Å². The maximum Gasteiger partial charge on any atom is 0.325 e. The second kappa shape index (κ2) is 8.18. The van der Waals surface area contributed by atoms with Crippen LogP contribution in [0.1, 0.15) is 25.7 Å². The van der Waals surface area contributed by atoms with Gasteiger partial charge in [-0.15, -0.1) is 6.58 Å². The van der Waals surface area contributed by atoms with Gasteiger partial charge < -0.3 is 14.5 Å². The molecule has 0 saturated heterocycles. The smallest absolute Gasteiger partial charge is 0.325 e. The fourth-order valence-corrected chi connectivity index (χ4v) is 1.68. The zero-order chi connectivity index (χ0) is 10.9. The summed E-state index contributed by atoms with van der Waals surface area (Å²) in [6, 6.07) is 0. The Labute approximate surface area is 85.1 Å². The lowest BCUT2D eigenvalue weighted by Crippen LogP contribution is -1.94. The fourth-order valence-electron chi connectivity index (χ4n) is 1.04. The molecular formula is C9H19O4P. The van der Waals surface area contributed by atoms with E-state index in [1.165, 1.54) is 0 Å². The molecule has 0 aliphatic rings. The summed E-state index contributed by atoms with van der Waals surface area (Å²) in [5.41, 5.74) is 0. The summed E-state index contributed by atoms with van der Waals surface area (Å²) in [7, 11) is -3.78. The Hall–Kier alpha value is -0.150. The topological polar surface area (TPSA) is 66.8 Å². The third kappa shape index (κ3) is 11.8. The molecule has 2 N–H and O–H groups in total. The van der Waals surface area contributed by atoms with Gasteiger partial charge in [0.1, 0.15) is 0 Å². The first-order valence-corrected chi connectivity index (χ1v) is 6.59. The van der Waals surface area contributed by atoms with Gasteiger partial charge in [-0.3, -0.25) is 4.57 Å². The summed E-state index contributed by atoms with van der Waals surface area (Å²) in [6.07, 6.45) is 5.04. The van der Waals surface area contributed by atoms with Gasteiger partial charge in [0.2, 0.25) is 0 Å². The molecule has 84 valence electrons. The molecule has 0 heterocycles. The monoisotopic (exact) mass is 222 g/mol. The zero-order valence-electron chi connectivity index (χ0n) is 8.39. The quantitative estimate of drug-likeness (QED) is 0.355. The van der Waals surface area contributed by atoms with Gasteiger partial charge in [-0.25, -0.2) is 0 Å². The van der Waals surface area contributed by atoms with E-state index in [-0.39, 0.29) is 6.16 Å². The largest absolute Gasteiger partial charge is 0.377 e. The van der Waals surface area contributed by atoms with Crippen LogP contribution in [0.25, 0.3) is 0 Å². The van der Waals surface area contributed by atoms with Crippen molar-refractivity contribution in [2.75, 3.05) is 19.4 Å². The molecule has 0 atom stereocenters. The molecule has 0 aromatic carbocycles. The lowest BCUT2D eigenvalue weighted by atomic mass is 10.2. The third-order valence-corrected chi connectivity index (χ3v) is 2.62. The van der Waals surface area contributed by atoms with Gasteiger partial charge in [-0.2, -0.15) is 0 Å². The van der Waals surface area contributed by atoms with E-state index in [2.05, 4.69) is 6.58 Å². The third-order valence-electron chi connectivity index (χ3n) is 1.72. The Morgan fingerprint density at radius 1 is 1.21 bits per heavy atom. The summed E-state index contributed by atoms with van der Waals surface area (Å²) >= 11 is 0. The number of ether oxygens (including phenoxy) is 1. The first-order valence-electron chi connectivity index (χ1n) is 4.79. The van der Waals surface area contributed by atoms with Crippen LogP contribution in [0.4, 0.5) is 0 Å². The number of hydrogen-bond acceptors (Lipinski definition) is 2. The first kappa shape index (κ1) is 13.8. The fraction of sp³-hybridized carbons (Fsp3) is 0.778. The van der Waals surface area contributed by atoms with Crippen molar-refractivity contribution >= 4 is 7.60 Å². The van der Waals surface area contributed by atoms with E-state index < -0.39 is 7.60 Å². The summed E-state index contributed by atoms with van der Waals surface area (Å²) in [5.74, 6) is 0. The standard InChI is InChI=1S/C9H19O4P/c1-2-7-13-8-5-3-4-6-9-14(10,11)12/h2H,1,3-9H2,(H2,10,11,12). The van der Waals surface area contributed by atoms with Crippen molar-refractivity contribution in [3.8, 4) is 0 Å². The maximum atomic E-state index is 10.5. The molecule has 0 unspecified atom stereocenters. The van der Waals surface area contributed by atoms with E-state index in [4.69, 9.17) is 14.5 Å². The van der Waals surface area contributed by atoms with Crippen LogP contribution in [0.15, 0.2) is 12.7 Å². The van der Waals surface area contributed by atoms with E-state index in [1.54, 1.807) is 6.08 Å². The van der Waals surface area contributed by atoms with Crippen molar-refractivity contribution in [2.24, 2.45) is 0 Å². The highest BCUT2D eigenvalue weighted by atomic mass is 31.2. The van der Waals surface area contributed by atoms with Crippen LogP contribution in [0.2, 0.25) is 0 Å². The highest BCUT2D eigenvalue weighted by Crippen LogP contribution is 2.35. The zero-order valence-corrected chi connectivity index (χ0v) is 9.29. The number of hydrogen-bond donors (Lipinski definition) is 2. The Balaban J connectivity index is 3.07. The van der Waals surface area contributed by atoms with Gasteiger partial charge in [-0.1, -0.05) is 18.9 Å². The van der Waals surface area contributed by atoms with Crippen molar-refractivity contribution in [3.05, 3.63) is 12.7 Å². The predicted molar refractivity (Wildman–Crippen MR) is 56.4 cm³/mol. The molecule has 0 radical (unpaired) electrons. The van der Waals surface area contributed by atoms with Crippen molar-refractivity contribution in [3.63, 3.8) is 0 Å². The molecule has 0 aliphatic carbocycles. The van der Waals surface area contributed by atoms with Gasteiger partial charge >= 0.3 is 7.60 Å². The molecule has 4 nitrogen and oxygen atoms in total. The lowest BCUT2D eigenvalue weighted by molar-refractivity contribution is 0.157. The van der Waals surface area contributed by atoms with Crippen LogP contribution in [-0.2, 0) is 9.30 Å². The predicted octanol–water partition coefficient (Wildman–Crippen LogP) is 1.93. The average Bonchev–Trinajstić information content (AvgIpc) is 2.08. The molecule has 0 rings (SSSR count). The van der Waals surface area contributed by atoms with E-state index in [0.717, 1.165) is 19.3 Å². The summed E-state index contributed by atoms with van der Waals surface area (Å²) < 4.78 is 15.6. The van der Waals surface area contributed by atoms with E-state index in [0.29, 0.717) is 19.6 Å². The lowest BCUT2D eigenvalue weighted by Gasteiger charge is -2.03. The molecule has 0 spiro atoms. The van der Waals surface area contributed by atoms with Crippen molar-refractivity contribution in [2.45, 2.75) is 25.7 Å². The maximum absolute atomic E-state index is 10.5. The van der Waals surface area contributed by atoms with Crippen LogP contribution in [0, 0.1) is 0 Å². The van der Waals surface area contributed by atoms with Crippen molar-refractivity contribution in [1.82, 2.24) is 0 Å². The Morgan fingerprint density at radius 3 is 2.43 bits per heavy atom. The number of unbranched alkanes of at least 4 members (excludes halogenated alkanes) is 3. The molecule has 5 heteroatoms. The van der Waals surface area contributed by atoms with E-state index in [1.807, 2.05) is 0 Å². The van der Waals surface area contributed by atoms with Crippen LogP contribution in [0.3, 0.4) is 0 Å². The van der Waals surface area contributed by atoms with Crippen LogP contribution in [-0.4, -0.2) is 29.2 Å². The van der Waals surface area contributed by atoms with Crippen molar-refractivity contribution in [1.29, 1.82) is 0 Å². The van der Waals surface area contributed by atoms with Crippen LogP contribution >= 0.6 is 7.60 Å². The Morgan fingerprint density at radius 2 is 1.86 bits per heavy atom. The molecule has 0 fully saturated rings. The van der Waals surface area contributed by atoms with Crippen LogP contribution in [0.5, 0.6) is 0 Å². The summed E-state index contributed by atoms with van der Waals surface area (Å²) in [4.78, 5) is 17.1. The highest BCUT2D eigenvalue weighted by molar-refractivity contribution is 7.51. The number of rotatable bonds is 9. The second-order valence-corrected chi connectivity index (χ2v) is 4.94. The van der Waals surface area contributed by atoms with Gasteiger partial charge in [0.05, 0.1) is 6.61 Å². The van der Waals surface area contributed by atoms with Gasteiger partial charge in [0.25, 0.3) is 0 Å². The summed E-state index contributed by atoms with van der Waals surface area (Å²) in [5, 5.41) is 0. The molecule has 0 aliphatic heterocycles. The molecule has 0 bridgehead atoms. The normalized spacial score (nSPS) is 11.6. The Kier molecular flexibility index (Phi) is 8.09. The minimum atomic E-state index is -3.78. The van der Waals surface area contributed by atoms with E-state index in [9.17, 15) is 4.57 Å². The van der Waals surface area contributed by atoms with Gasteiger partial charge in [0.15, 0.2) is 0 Å². The highest BCUT2D eigenvalue weighted by Gasteiger charge is 2.10. The molecule has 14 heavy (non-hydrogen) atoms. The SMILES string of the molecule is C=CCOCCCCCCP(=O)(O)O. The molecule has 0 aromatic heterocycles.